The van der Waals surface area contributed by atoms with Crippen molar-refractivity contribution < 1.29 is 98.8 Å². The summed E-state index contributed by atoms with van der Waals surface area (Å²) in [6.07, 6.45) is 19.8. The van der Waals surface area contributed by atoms with Crippen molar-refractivity contribution >= 4 is 103 Å². The van der Waals surface area contributed by atoms with Crippen LogP contribution in [0.5, 0.6) is 34.5 Å². The minimum absolute atomic E-state index is 0. The maximum Gasteiger partial charge on any atom is 0.573 e. The van der Waals surface area contributed by atoms with Crippen LogP contribution in [0, 0.1) is 34.3 Å². The maximum atomic E-state index is 12.3. The van der Waals surface area contributed by atoms with Crippen molar-refractivity contribution in [2.45, 2.75) is 180 Å². The summed E-state index contributed by atoms with van der Waals surface area (Å²) in [6, 6.07) is 32.0. The molecule has 0 radical (unpaired) electrons. The van der Waals surface area contributed by atoms with E-state index in [4.69, 9.17) is 70.3 Å². The van der Waals surface area contributed by atoms with Gasteiger partial charge in [-0.15, -0.1) is 56.2 Å². The number of benzene rings is 6. The first kappa shape index (κ1) is 117. The Morgan fingerprint density at radius 2 is 0.671 bits per heavy atom. The molecular weight excluding hydrogens is 1940 g/mol. The van der Waals surface area contributed by atoms with Gasteiger partial charge in [0.15, 0.2) is 40.6 Å². The van der Waals surface area contributed by atoms with Crippen LogP contribution in [0.3, 0.4) is 0 Å². The third-order valence-electron chi connectivity index (χ3n) is 17.9. The first-order valence-electron chi connectivity index (χ1n) is 45.5. The molecule has 6 aromatic heterocycles. The predicted molar refractivity (Wildman–Crippen MR) is 546 cm³/mol. The molecular formula is C102H120Cl2F3N21O18. The van der Waals surface area contributed by atoms with Crippen molar-refractivity contribution in [2.75, 3.05) is 54.6 Å². The molecule has 6 aromatic carbocycles. The molecule has 0 aliphatic carbocycles. The van der Waals surface area contributed by atoms with Gasteiger partial charge < -0.3 is 67.1 Å². The number of aromatic nitrogens is 18. The number of likely N-dealkylation sites (N-methyl/N-ethyl adjacent to an activating group) is 1. The highest BCUT2D eigenvalue weighted by atomic mass is 35.5. The molecule has 776 valence electrons. The van der Waals surface area contributed by atoms with Crippen LogP contribution in [0.15, 0.2) is 184 Å². The third kappa shape index (κ3) is 43.0. The van der Waals surface area contributed by atoms with E-state index in [1.54, 1.807) is 121 Å². The molecule has 0 bridgehead atoms. The lowest BCUT2D eigenvalue weighted by Crippen LogP contribution is -2.49. The standard InChI is InChI=1S/C19H26N4O3.C18H20N4O3.C18H23N3O3.C16H18N4O3.C16H19N3O3.C15H13ClF3N3O3.ClH/c1-14(2)26-18(24)6-7-23-13-20-19(21-23)16-10-15(3)11-17(12-16)25-9-8-22(4)5;1-12(2)24-16-9-14(8-15(10-16)19-5)18-20-11-22(21-18)7-6-17(23)25-13(3)4;1-12(2)23-16-9-14(5)8-15(10-16)18-19-11-21(20-18)7-6-17(22)24-13(3)4;1-11-5-12(7-13(6-11)22-2)16-18-10-20(19-16)4-3-15(21)23-14-8-17-9-14;1-11(2)22-15(20)5-6-19-10-17-16(18-19)13-7-12(3)8-14(9-13)21-4;1-9(2)24-13(23)3-4-22-8-20-14(21-22)10-5-11(16)7-12(6-10)25-15(17,18)19;/h6-7,10-14H,8-9H2,1-5H3;6-13H,1-4H3;6-13H,1-5H3;3-7,10,14,17H,8-9H2,1-2H3;5-11H,1-4H3;3-9H,1-2H3;1H/b3*7-6-;4-3-;6-5-;4-3-;. The van der Waals surface area contributed by atoms with Crippen molar-refractivity contribution in [3.8, 4) is 103 Å². The predicted octanol–water partition coefficient (Wildman–Crippen LogP) is 18.1. The summed E-state index contributed by atoms with van der Waals surface area (Å²) in [7, 11) is 7.25. The zero-order valence-electron chi connectivity index (χ0n) is 84.9. The average Bonchev–Trinajstić information content (AvgIpc) is 1.67. The maximum absolute atomic E-state index is 12.3. The number of alkyl halides is 3. The van der Waals surface area contributed by atoms with Gasteiger partial charge >= 0.3 is 42.2 Å². The van der Waals surface area contributed by atoms with Crippen LogP contribution in [0.2, 0.25) is 5.02 Å². The van der Waals surface area contributed by atoms with Gasteiger partial charge in [0.1, 0.15) is 85.2 Å². The second-order valence-electron chi connectivity index (χ2n) is 33.9. The number of aryl methyl sites for hydroxylation is 4. The summed E-state index contributed by atoms with van der Waals surface area (Å²) < 4.78 is 107. The lowest BCUT2D eigenvalue weighted by molar-refractivity contribution is -0.274. The van der Waals surface area contributed by atoms with E-state index >= 15 is 0 Å². The van der Waals surface area contributed by atoms with Crippen LogP contribution in [0.4, 0.5) is 18.9 Å². The number of nitrogens with one attached hydrogen (secondary N) is 1. The number of carbonyl (C=O) groups excluding carboxylic acids is 6. The number of halogens is 5. The van der Waals surface area contributed by atoms with Crippen molar-refractivity contribution in [1.82, 2.24) is 98.8 Å². The number of hydrogen-bond acceptors (Lipinski definition) is 32. The molecule has 44 heteroatoms. The summed E-state index contributed by atoms with van der Waals surface area (Å²) in [4.78, 5) is 99.8. The van der Waals surface area contributed by atoms with Gasteiger partial charge in [0.2, 0.25) is 0 Å². The Kier molecular flexibility index (Phi) is 46.4. The molecule has 1 aliphatic rings. The minimum atomic E-state index is -4.84. The van der Waals surface area contributed by atoms with Crippen LogP contribution in [0.25, 0.3) is 110 Å². The second kappa shape index (κ2) is 57.9. The summed E-state index contributed by atoms with van der Waals surface area (Å²) >= 11 is 5.80. The van der Waals surface area contributed by atoms with Crippen LogP contribution in [-0.4, -0.2) is 239 Å². The lowest BCUT2D eigenvalue weighted by atomic mass is 10.1. The number of carbonyl (C=O) groups is 6. The summed E-state index contributed by atoms with van der Waals surface area (Å²) in [5.41, 5.74) is 9.02. The van der Waals surface area contributed by atoms with Crippen LogP contribution < -0.4 is 33.7 Å². The molecule has 1 aliphatic heterocycles. The number of esters is 6. The molecule has 0 saturated carbocycles. The topological polar surface area (TPSA) is 417 Å². The number of nitrogens with zero attached hydrogens (tertiary/aromatic N) is 20. The fourth-order valence-corrected chi connectivity index (χ4v) is 12.3. The normalized spacial score (nSPS) is 11.9. The molecule has 146 heavy (non-hydrogen) atoms. The van der Waals surface area contributed by atoms with E-state index in [9.17, 15) is 41.9 Å². The Labute approximate surface area is 855 Å². The Morgan fingerprint density at radius 1 is 0.397 bits per heavy atom. The molecule has 1 saturated heterocycles. The molecule has 0 amide bonds. The van der Waals surface area contributed by atoms with Crippen LogP contribution >= 0.6 is 24.0 Å². The monoisotopic (exact) mass is 2050 g/mol. The van der Waals surface area contributed by atoms with E-state index in [1.807, 2.05) is 142 Å². The molecule has 39 nitrogen and oxygen atoms in total. The summed E-state index contributed by atoms with van der Waals surface area (Å²) in [5.74, 6) is 3.34. The van der Waals surface area contributed by atoms with Crippen molar-refractivity contribution in [3.63, 3.8) is 0 Å². The van der Waals surface area contributed by atoms with E-state index in [0.29, 0.717) is 65.8 Å². The van der Waals surface area contributed by atoms with Crippen molar-refractivity contribution in [3.05, 3.63) is 222 Å². The van der Waals surface area contributed by atoms with Gasteiger partial charge in [-0.1, -0.05) is 11.6 Å². The molecule has 1 fully saturated rings. The summed E-state index contributed by atoms with van der Waals surface area (Å²) in [6.45, 7) is 43.6. The van der Waals surface area contributed by atoms with Gasteiger partial charge in [-0.3, -0.25) is 0 Å². The van der Waals surface area contributed by atoms with Crippen molar-refractivity contribution in [1.29, 1.82) is 0 Å². The molecule has 7 heterocycles. The van der Waals surface area contributed by atoms with Gasteiger partial charge in [-0.05, 0) is 270 Å². The molecule has 0 atom stereocenters. The van der Waals surface area contributed by atoms with Gasteiger partial charge in [0.25, 0.3) is 0 Å². The minimum Gasteiger partial charge on any atom is -0.497 e. The van der Waals surface area contributed by atoms with E-state index in [-0.39, 0.29) is 83.6 Å². The highest BCUT2D eigenvalue weighted by molar-refractivity contribution is 6.31. The van der Waals surface area contributed by atoms with Gasteiger partial charge in [-0.25, -0.2) is 91.6 Å². The first-order chi connectivity index (χ1) is 68.8. The first-order valence-corrected chi connectivity index (χ1v) is 45.9. The van der Waals surface area contributed by atoms with Gasteiger partial charge in [0, 0.05) is 132 Å². The third-order valence-corrected chi connectivity index (χ3v) is 18.1. The number of hydrogen-bond donors (Lipinski definition) is 1. The van der Waals surface area contributed by atoms with Gasteiger partial charge in [-0.2, -0.15) is 0 Å². The lowest BCUT2D eigenvalue weighted by Gasteiger charge is -2.25. The van der Waals surface area contributed by atoms with E-state index in [2.05, 4.69) is 80.3 Å². The highest BCUT2D eigenvalue weighted by Gasteiger charge is 2.32. The van der Waals surface area contributed by atoms with E-state index < -0.39 is 42.0 Å². The van der Waals surface area contributed by atoms with E-state index in [1.165, 1.54) is 121 Å². The quantitative estimate of drug-likeness (QED) is 0.0167. The SMILES string of the molecule is CC(C)OC(=O)/C=C\n1cnc(-c2cc(Cl)cc(OC(F)(F)F)c2)n1.COc1cc(C)cc(-c2ncn(/C=C\C(=O)OC(C)C)n2)c1.COc1cc(C)cc(-c2ncn(/C=C\C(=O)OC3CNC3)n2)c1.Cc1cc(OC(C)C)cc(-c2ncn(/C=C\C(=O)OC(C)C)n2)c1.Cc1cc(OCCN(C)C)cc(-c2ncn(/C=C\C(=O)OC(C)C)n2)c1.Cl.[C-]#[N+]c1cc(OC(C)C)cc(-c2ncn(/C=C\C(=O)OC(C)C)n2)c1. The molecule has 12 aromatic rings. The average molecular weight is 2060 g/mol. The Hall–Kier alpha value is -16.0. The zero-order valence-corrected chi connectivity index (χ0v) is 86.5. The van der Waals surface area contributed by atoms with E-state index in [0.717, 1.165) is 92.3 Å². The van der Waals surface area contributed by atoms with Crippen LogP contribution in [0.1, 0.15) is 119 Å². The van der Waals surface area contributed by atoms with Crippen LogP contribution in [-0.2, 0) is 57.2 Å². The smallest absolute Gasteiger partial charge is 0.497 e. The Balaban J connectivity index is 0.000000237. The largest absolute Gasteiger partial charge is 0.573 e. The molecule has 1 N–H and O–H groups in total. The van der Waals surface area contributed by atoms with Crippen molar-refractivity contribution in [2.24, 2.45) is 0 Å². The second-order valence-corrected chi connectivity index (χ2v) is 34.3. The fourth-order valence-electron chi connectivity index (χ4n) is 12.1. The number of rotatable bonds is 35. The summed E-state index contributed by atoms with van der Waals surface area (Å²) in [5, 5.41) is 28.7. The Morgan fingerprint density at radius 3 is 0.952 bits per heavy atom. The highest BCUT2D eigenvalue weighted by Crippen LogP contribution is 2.34. The molecule has 0 spiro atoms. The number of methoxy groups -OCH3 is 2. The Bertz CT molecular complexity index is 6540. The fraction of sp³-hybridized carbons (Fsp3) is 0.343. The molecule has 13 rings (SSSR count). The zero-order chi connectivity index (χ0) is 106. The van der Waals surface area contributed by atoms with Gasteiger partial charge in [0.05, 0.1) is 63.5 Å². The molecule has 0 unspecified atom stereocenters. The number of ether oxygens (including phenoxy) is 12.